The smallest absolute Gasteiger partial charge is 0.215 e. The zero-order valence-corrected chi connectivity index (χ0v) is 15.0. The number of benzene rings is 1. The lowest BCUT2D eigenvalue weighted by molar-refractivity contribution is 0.582. The van der Waals surface area contributed by atoms with Crippen LogP contribution in [0.15, 0.2) is 36.5 Å². The summed E-state index contributed by atoms with van der Waals surface area (Å²) in [6.45, 7) is 2.65. The van der Waals surface area contributed by atoms with Crippen molar-refractivity contribution < 1.29 is 8.42 Å². The predicted octanol–water partition coefficient (Wildman–Crippen LogP) is 1.38. The molecule has 0 aliphatic heterocycles. The summed E-state index contributed by atoms with van der Waals surface area (Å²) in [5, 5.41) is 10.9. The molecule has 2 rings (SSSR count). The average Bonchev–Trinajstić information content (AvgIpc) is 2.51. The van der Waals surface area contributed by atoms with Crippen LogP contribution in [0.4, 0.5) is 11.5 Å². The summed E-state index contributed by atoms with van der Waals surface area (Å²) < 4.78 is 26.8. The topological polar surface area (TPSA) is 87.2 Å². The quantitative estimate of drug-likeness (QED) is 0.700. The molecule has 1 aromatic heterocycles. The minimum atomic E-state index is -3.36. The Labute approximate surface area is 143 Å². The Morgan fingerprint density at radius 2 is 1.96 bits per heavy atom. The second-order valence-electron chi connectivity index (χ2n) is 5.76. The molecule has 0 amide bonds. The summed E-state index contributed by atoms with van der Waals surface area (Å²) in [5.41, 5.74) is 2.75. The van der Waals surface area contributed by atoms with Gasteiger partial charge in [0.15, 0.2) is 5.82 Å². The standard InChI is InChI=1S/C16H23N5O2S/c1-13-5-4-6-14(9-13)12-24(22,23)19-8-7-17-16-10-15(21(2)3)11-18-20-16/h4-6,9-11,19H,7-8,12H2,1-3H3,(H,17,20). The highest BCUT2D eigenvalue weighted by Crippen LogP contribution is 2.12. The van der Waals surface area contributed by atoms with Crippen molar-refractivity contribution in [2.24, 2.45) is 0 Å². The molecule has 0 saturated carbocycles. The number of rotatable bonds is 8. The molecule has 0 atom stereocenters. The van der Waals surface area contributed by atoms with E-state index < -0.39 is 10.0 Å². The van der Waals surface area contributed by atoms with E-state index in [2.05, 4.69) is 20.2 Å². The number of nitrogens with zero attached hydrogens (tertiary/aromatic N) is 3. The maximum absolute atomic E-state index is 12.1. The van der Waals surface area contributed by atoms with E-state index in [1.54, 1.807) is 6.20 Å². The van der Waals surface area contributed by atoms with Crippen molar-refractivity contribution in [1.29, 1.82) is 0 Å². The highest BCUT2D eigenvalue weighted by molar-refractivity contribution is 7.88. The average molecular weight is 349 g/mol. The zero-order chi connectivity index (χ0) is 17.6. The number of anilines is 2. The van der Waals surface area contributed by atoms with E-state index >= 15 is 0 Å². The molecule has 2 N–H and O–H groups in total. The number of aromatic nitrogens is 2. The van der Waals surface area contributed by atoms with Gasteiger partial charge in [0.2, 0.25) is 10.0 Å². The Morgan fingerprint density at radius 3 is 2.67 bits per heavy atom. The lowest BCUT2D eigenvalue weighted by atomic mass is 10.2. The summed E-state index contributed by atoms with van der Waals surface area (Å²) >= 11 is 0. The van der Waals surface area contributed by atoms with Crippen LogP contribution in [0.2, 0.25) is 0 Å². The van der Waals surface area contributed by atoms with Crippen LogP contribution in [-0.2, 0) is 15.8 Å². The molecular weight excluding hydrogens is 326 g/mol. The Kier molecular flexibility index (Phi) is 6.10. The Balaban J connectivity index is 1.82. The molecule has 0 aliphatic rings. The van der Waals surface area contributed by atoms with Gasteiger partial charge in [-0.15, -0.1) is 5.10 Å². The minimum absolute atomic E-state index is 0.0232. The van der Waals surface area contributed by atoms with E-state index in [-0.39, 0.29) is 12.3 Å². The van der Waals surface area contributed by atoms with E-state index in [0.717, 1.165) is 16.8 Å². The maximum Gasteiger partial charge on any atom is 0.215 e. The van der Waals surface area contributed by atoms with Crippen molar-refractivity contribution in [3.63, 3.8) is 0 Å². The van der Waals surface area contributed by atoms with Crippen molar-refractivity contribution >= 4 is 21.5 Å². The molecule has 1 heterocycles. The first kappa shape index (κ1) is 18.2. The van der Waals surface area contributed by atoms with E-state index in [9.17, 15) is 8.42 Å². The first-order valence-corrected chi connectivity index (χ1v) is 9.28. The minimum Gasteiger partial charge on any atom is -0.376 e. The summed E-state index contributed by atoms with van der Waals surface area (Å²) in [7, 11) is 0.472. The van der Waals surface area contributed by atoms with Crippen LogP contribution in [0.3, 0.4) is 0 Å². The predicted molar refractivity (Wildman–Crippen MR) is 96.7 cm³/mol. The van der Waals surface area contributed by atoms with Crippen molar-refractivity contribution in [2.45, 2.75) is 12.7 Å². The normalized spacial score (nSPS) is 11.3. The Morgan fingerprint density at radius 1 is 1.17 bits per heavy atom. The van der Waals surface area contributed by atoms with Crippen LogP contribution >= 0.6 is 0 Å². The van der Waals surface area contributed by atoms with Crippen LogP contribution < -0.4 is 14.9 Å². The van der Waals surface area contributed by atoms with Crippen molar-refractivity contribution in [1.82, 2.24) is 14.9 Å². The Hall–Kier alpha value is -2.19. The molecule has 2 aromatic rings. The molecule has 0 radical (unpaired) electrons. The van der Waals surface area contributed by atoms with Gasteiger partial charge in [0, 0.05) is 33.3 Å². The van der Waals surface area contributed by atoms with Gasteiger partial charge in [-0.05, 0) is 12.5 Å². The third-order valence-corrected chi connectivity index (χ3v) is 4.71. The molecule has 0 spiro atoms. The molecule has 1 aromatic carbocycles. The molecule has 0 saturated heterocycles. The van der Waals surface area contributed by atoms with Gasteiger partial charge in [-0.25, -0.2) is 13.1 Å². The van der Waals surface area contributed by atoms with E-state index in [1.165, 1.54) is 0 Å². The van der Waals surface area contributed by atoms with E-state index in [0.29, 0.717) is 12.4 Å². The first-order chi connectivity index (χ1) is 11.4. The SMILES string of the molecule is Cc1cccc(CS(=O)(=O)NCCNc2cc(N(C)C)cnn2)c1. The third-order valence-electron chi connectivity index (χ3n) is 3.35. The largest absolute Gasteiger partial charge is 0.376 e. The number of hydrogen-bond donors (Lipinski definition) is 2. The maximum atomic E-state index is 12.1. The summed E-state index contributed by atoms with van der Waals surface area (Å²) in [4.78, 5) is 1.92. The lowest BCUT2D eigenvalue weighted by Gasteiger charge is -2.13. The molecular formula is C16H23N5O2S. The Bertz CT molecular complexity index is 778. The molecule has 0 fully saturated rings. The highest BCUT2D eigenvalue weighted by atomic mass is 32.2. The second kappa shape index (κ2) is 8.07. The molecule has 0 bridgehead atoms. The van der Waals surface area contributed by atoms with Crippen LogP contribution in [0.5, 0.6) is 0 Å². The van der Waals surface area contributed by atoms with Crippen LogP contribution in [0, 0.1) is 6.92 Å². The van der Waals surface area contributed by atoms with Gasteiger partial charge in [0.1, 0.15) is 0 Å². The molecule has 8 heteroatoms. The molecule has 0 unspecified atom stereocenters. The van der Waals surface area contributed by atoms with E-state index in [1.807, 2.05) is 56.3 Å². The molecule has 130 valence electrons. The number of aryl methyl sites for hydroxylation is 1. The molecule has 24 heavy (non-hydrogen) atoms. The fourth-order valence-corrected chi connectivity index (χ4v) is 3.29. The van der Waals surface area contributed by atoms with Gasteiger partial charge in [-0.2, -0.15) is 5.10 Å². The van der Waals surface area contributed by atoms with E-state index in [4.69, 9.17) is 0 Å². The summed E-state index contributed by atoms with van der Waals surface area (Å²) in [6.07, 6.45) is 1.66. The van der Waals surface area contributed by atoms with Crippen molar-refractivity contribution in [3.8, 4) is 0 Å². The monoisotopic (exact) mass is 349 g/mol. The van der Waals surface area contributed by atoms with Gasteiger partial charge in [-0.1, -0.05) is 29.8 Å². The summed E-state index contributed by atoms with van der Waals surface area (Å²) in [6, 6.07) is 9.34. The third kappa shape index (κ3) is 5.78. The fraction of sp³-hybridized carbons (Fsp3) is 0.375. The molecule has 0 aliphatic carbocycles. The van der Waals surface area contributed by atoms with Crippen LogP contribution in [0.25, 0.3) is 0 Å². The van der Waals surface area contributed by atoms with Crippen LogP contribution in [0.1, 0.15) is 11.1 Å². The zero-order valence-electron chi connectivity index (χ0n) is 14.2. The van der Waals surface area contributed by atoms with Gasteiger partial charge in [0.25, 0.3) is 0 Å². The summed E-state index contributed by atoms with van der Waals surface area (Å²) in [5.74, 6) is 0.587. The lowest BCUT2D eigenvalue weighted by Crippen LogP contribution is -2.30. The number of hydrogen-bond acceptors (Lipinski definition) is 6. The highest BCUT2D eigenvalue weighted by Gasteiger charge is 2.11. The van der Waals surface area contributed by atoms with Crippen molar-refractivity contribution in [3.05, 3.63) is 47.7 Å². The van der Waals surface area contributed by atoms with Gasteiger partial charge < -0.3 is 10.2 Å². The van der Waals surface area contributed by atoms with Gasteiger partial charge in [-0.3, -0.25) is 0 Å². The van der Waals surface area contributed by atoms with Gasteiger partial charge in [0.05, 0.1) is 17.6 Å². The first-order valence-electron chi connectivity index (χ1n) is 7.62. The molecule has 7 nitrogen and oxygen atoms in total. The number of sulfonamides is 1. The second-order valence-corrected chi connectivity index (χ2v) is 7.57. The van der Waals surface area contributed by atoms with Crippen molar-refractivity contribution in [2.75, 3.05) is 37.4 Å². The number of nitrogens with one attached hydrogen (secondary N) is 2. The van der Waals surface area contributed by atoms with Crippen LogP contribution in [-0.4, -0.2) is 45.8 Å². The van der Waals surface area contributed by atoms with Gasteiger partial charge >= 0.3 is 0 Å². The fourth-order valence-electron chi connectivity index (χ4n) is 2.16.